The van der Waals surface area contributed by atoms with Gasteiger partial charge in [0.15, 0.2) is 0 Å². The summed E-state index contributed by atoms with van der Waals surface area (Å²) in [6.07, 6.45) is -0.00359. The van der Waals surface area contributed by atoms with Crippen molar-refractivity contribution in [2.75, 3.05) is 20.8 Å². The number of nitrogens with one attached hydrogen (secondary N) is 1. The SMILES string of the molecule is COc1ccc(CNC(=O)CC(CN)OC)cc1Cl. The van der Waals surface area contributed by atoms with E-state index >= 15 is 0 Å². The lowest BCUT2D eigenvalue weighted by Gasteiger charge is -2.13. The first kappa shape index (κ1) is 15.8. The fraction of sp³-hybridized carbons (Fsp3) is 0.462. The van der Waals surface area contributed by atoms with Crippen LogP contribution in [0.4, 0.5) is 0 Å². The van der Waals surface area contributed by atoms with Gasteiger partial charge in [0, 0.05) is 20.2 Å². The van der Waals surface area contributed by atoms with Crippen molar-refractivity contribution in [3.63, 3.8) is 0 Å². The normalized spacial score (nSPS) is 12.0. The summed E-state index contributed by atoms with van der Waals surface area (Å²) < 4.78 is 10.1. The largest absolute Gasteiger partial charge is 0.495 e. The summed E-state index contributed by atoms with van der Waals surface area (Å²) in [5.41, 5.74) is 6.36. The molecule has 0 saturated heterocycles. The molecule has 0 heterocycles. The van der Waals surface area contributed by atoms with Crippen LogP contribution >= 0.6 is 11.6 Å². The molecule has 1 amide bonds. The molecule has 1 rings (SSSR count). The van der Waals surface area contributed by atoms with Crippen LogP contribution < -0.4 is 15.8 Å². The van der Waals surface area contributed by atoms with Gasteiger partial charge in [0.05, 0.1) is 24.7 Å². The lowest BCUT2D eigenvalue weighted by molar-refractivity contribution is -0.123. The van der Waals surface area contributed by atoms with Crippen molar-refractivity contribution in [2.24, 2.45) is 5.73 Å². The molecule has 0 aliphatic rings. The molecule has 5 nitrogen and oxygen atoms in total. The van der Waals surface area contributed by atoms with Crippen molar-refractivity contribution >= 4 is 17.5 Å². The van der Waals surface area contributed by atoms with Gasteiger partial charge in [-0.05, 0) is 17.7 Å². The molecule has 1 aromatic rings. The monoisotopic (exact) mass is 286 g/mol. The fourth-order valence-corrected chi connectivity index (χ4v) is 1.84. The van der Waals surface area contributed by atoms with Gasteiger partial charge in [-0.25, -0.2) is 0 Å². The summed E-state index contributed by atoms with van der Waals surface area (Å²) in [5, 5.41) is 3.31. The molecule has 0 spiro atoms. The number of halogens is 1. The van der Waals surface area contributed by atoms with E-state index < -0.39 is 0 Å². The highest BCUT2D eigenvalue weighted by Gasteiger charge is 2.11. The molecule has 6 heteroatoms. The molecule has 1 atom stereocenters. The Bertz CT molecular complexity index is 422. The highest BCUT2D eigenvalue weighted by Crippen LogP contribution is 2.24. The first-order valence-electron chi connectivity index (χ1n) is 5.92. The van der Waals surface area contributed by atoms with E-state index in [1.165, 1.54) is 7.11 Å². The maximum absolute atomic E-state index is 11.6. The highest BCUT2D eigenvalue weighted by atomic mass is 35.5. The number of hydrogen-bond donors (Lipinski definition) is 2. The first-order valence-corrected chi connectivity index (χ1v) is 6.30. The predicted octanol–water partition coefficient (Wildman–Crippen LogP) is 1.33. The second kappa shape index (κ2) is 7.99. The average Bonchev–Trinajstić information content (AvgIpc) is 2.42. The van der Waals surface area contributed by atoms with Crippen molar-refractivity contribution in [2.45, 2.75) is 19.1 Å². The Hall–Kier alpha value is -1.30. The van der Waals surface area contributed by atoms with Gasteiger partial charge >= 0.3 is 0 Å². The minimum absolute atomic E-state index is 0.107. The third-order valence-corrected chi connectivity index (χ3v) is 3.01. The third-order valence-electron chi connectivity index (χ3n) is 2.72. The van der Waals surface area contributed by atoms with Crippen LogP contribution in [0.5, 0.6) is 5.75 Å². The zero-order valence-electron chi connectivity index (χ0n) is 11.1. The zero-order valence-corrected chi connectivity index (χ0v) is 11.9. The van der Waals surface area contributed by atoms with E-state index in [2.05, 4.69) is 5.32 Å². The molecule has 19 heavy (non-hydrogen) atoms. The van der Waals surface area contributed by atoms with Crippen molar-refractivity contribution in [3.8, 4) is 5.75 Å². The number of methoxy groups -OCH3 is 2. The second-order valence-electron chi connectivity index (χ2n) is 4.04. The van der Waals surface area contributed by atoms with E-state index in [4.69, 9.17) is 26.8 Å². The van der Waals surface area contributed by atoms with Crippen LogP contribution in [0.25, 0.3) is 0 Å². The molecule has 106 valence electrons. The van der Waals surface area contributed by atoms with Gasteiger partial charge < -0.3 is 20.5 Å². The van der Waals surface area contributed by atoms with E-state index in [0.29, 0.717) is 23.9 Å². The molecule has 0 aliphatic heterocycles. The molecular weight excluding hydrogens is 268 g/mol. The van der Waals surface area contributed by atoms with Crippen LogP contribution in [0, 0.1) is 0 Å². The Balaban J connectivity index is 2.48. The Morgan fingerprint density at radius 3 is 2.74 bits per heavy atom. The smallest absolute Gasteiger partial charge is 0.222 e. The van der Waals surface area contributed by atoms with Crippen molar-refractivity contribution in [1.82, 2.24) is 5.32 Å². The third kappa shape index (κ3) is 5.06. The van der Waals surface area contributed by atoms with Crippen molar-refractivity contribution in [3.05, 3.63) is 28.8 Å². The fourth-order valence-electron chi connectivity index (χ4n) is 1.56. The van der Waals surface area contributed by atoms with E-state index in [1.807, 2.05) is 6.07 Å². The molecular formula is C13H19ClN2O3. The van der Waals surface area contributed by atoms with Gasteiger partial charge in [0.2, 0.25) is 5.91 Å². The summed E-state index contributed by atoms with van der Waals surface area (Å²) >= 11 is 6.00. The van der Waals surface area contributed by atoms with E-state index in [1.54, 1.807) is 19.2 Å². The number of benzene rings is 1. The molecule has 0 bridgehead atoms. The maximum atomic E-state index is 11.6. The van der Waals surface area contributed by atoms with Gasteiger partial charge in [-0.1, -0.05) is 17.7 Å². The van der Waals surface area contributed by atoms with Crippen LogP contribution in [-0.4, -0.2) is 32.8 Å². The van der Waals surface area contributed by atoms with Crippen LogP contribution in [0.2, 0.25) is 5.02 Å². The van der Waals surface area contributed by atoms with Gasteiger partial charge in [-0.15, -0.1) is 0 Å². The summed E-state index contributed by atoms with van der Waals surface area (Å²) in [6.45, 7) is 0.724. The second-order valence-corrected chi connectivity index (χ2v) is 4.45. The summed E-state index contributed by atoms with van der Waals surface area (Å²) in [4.78, 5) is 11.6. The summed E-state index contributed by atoms with van der Waals surface area (Å²) in [6, 6.07) is 5.38. The number of rotatable bonds is 7. The molecule has 3 N–H and O–H groups in total. The molecule has 0 saturated carbocycles. The molecule has 0 aliphatic carbocycles. The molecule has 0 fully saturated rings. The topological polar surface area (TPSA) is 73.6 Å². The van der Waals surface area contributed by atoms with Crippen LogP contribution in [0.3, 0.4) is 0 Å². The van der Waals surface area contributed by atoms with Gasteiger partial charge in [0.1, 0.15) is 5.75 Å². The number of nitrogens with two attached hydrogens (primary N) is 1. The van der Waals surface area contributed by atoms with Crippen molar-refractivity contribution < 1.29 is 14.3 Å². The standard InChI is InChI=1S/C13H19ClN2O3/c1-18-10(7-15)6-13(17)16-8-9-3-4-12(19-2)11(14)5-9/h3-5,10H,6-8,15H2,1-2H3,(H,16,17). The average molecular weight is 287 g/mol. The number of amides is 1. The lowest BCUT2D eigenvalue weighted by atomic mass is 10.2. The summed E-state index contributed by atoms with van der Waals surface area (Å²) in [5.74, 6) is 0.503. The molecule has 0 radical (unpaired) electrons. The Morgan fingerprint density at radius 2 is 2.21 bits per heavy atom. The predicted molar refractivity (Wildman–Crippen MR) is 74.3 cm³/mol. The van der Waals surface area contributed by atoms with Crippen LogP contribution in [0.15, 0.2) is 18.2 Å². The van der Waals surface area contributed by atoms with Crippen LogP contribution in [0.1, 0.15) is 12.0 Å². The number of ether oxygens (including phenoxy) is 2. The zero-order chi connectivity index (χ0) is 14.3. The first-order chi connectivity index (χ1) is 9.10. The van der Waals surface area contributed by atoms with Gasteiger partial charge in [0.25, 0.3) is 0 Å². The number of carbonyl (C=O) groups excluding carboxylic acids is 1. The number of hydrogen-bond acceptors (Lipinski definition) is 4. The maximum Gasteiger partial charge on any atom is 0.222 e. The van der Waals surface area contributed by atoms with E-state index in [9.17, 15) is 4.79 Å². The Labute approximate surface area is 118 Å². The summed E-state index contributed by atoms with van der Waals surface area (Å²) in [7, 11) is 3.09. The number of carbonyl (C=O) groups is 1. The minimum atomic E-state index is -0.251. The highest BCUT2D eigenvalue weighted by molar-refractivity contribution is 6.32. The minimum Gasteiger partial charge on any atom is -0.495 e. The Kier molecular flexibility index (Phi) is 6.62. The van der Waals surface area contributed by atoms with E-state index in [-0.39, 0.29) is 18.4 Å². The quantitative estimate of drug-likeness (QED) is 0.793. The molecule has 1 unspecified atom stereocenters. The van der Waals surface area contributed by atoms with Gasteiger partial charge in [-0.3, -0.25) is 4.79 Å². The Morgan fingerprint density at radius 1 is 1.47 bits per heavy atom. The van der Waals surface area contributed by atoms with Crippen molar-refractivity contribution in [1.29, 1.82) is 0 Å². The molecule has 1 aromatic carbocycles. The molecule has 0 aromatic heterocycles. The van der Waals surface area contributed by atoms with Crippen LogP contribution in [-0.2, 0) is 16.1 Å². The van der Waals surface area contributed by atoms with E-state index in [0.717, 1.165) is 5.56 Å². The lowest BCUT2D eigenvalue weighted by Crippen LogP contribution is -2.31. The van der Waals surface area contributed by atoms with Gasteiger partial charge in [-0.2, -0.15) is 0 Å².